The molecule has 6 nitrogen and oxygen atoms in total. The molecule has 2 aromatic carbocycles. The summed E-state index contributed by atoms with van der Waals surface area (Å²) in [5.41, 5.74) is 4.23. The summed E-state index contributed by atoms with van der Waals surface area (Å²) in [6.45, 7) is 2.54. The highest BCUT2D eigenvalue weighted by molar-refractivity contribution is 7.15. The van der Waals surface area contributed by atoms with E-state index >= 15 is 0 Å². The maximum absolute atomic E-state index is 9.57. The van der Waals surface area contributed by atoms with E-state index in [-0.39, 0.29) is 6.42 Å². The van der Waals surface area contributed by atoms with Gasteiger partial charge in [-0.25, -0.2) is 4.98 Å². The molecule has 0 saturated heterocycles. The molecule has 2 aromatic heterocycles. The number of para-hydroxylation sites is 1. The van der Waals surface area contributed by atoms with E-state index in [2.05, 4.69) is 6.07 Å². The zero-order chi connectivity index (χ0) is 21.1. The molecule has 0 unspecified atom stereocenters. The predicted molar refractivity (Wildman–Crippen MR) is 118 cm³/mol. The highest BCUT2D eigenvalue weighted by Gasteiger charge is 2.22. The lowest BCUT2D eigenvalue weighted by Gasteiger charge is -2.12. The Hall–Kier alpha value is -3.50. The van der Waals surface area contributed by atoms with Gasteiger partial charge < -0.3 is 14.2 Å². The van der Waals surface area contributed by atoms with E-state index in [1.54, 1.807) is 14.2 Å². The monoisotopic (exact) mass is 419 g/mol. The first-order valence-electron chi connectivity index (χ1n) is 9.52. The summed E-state index contributed by atoms with van der Waals surface area (Å²) < 4.78 is 18.8. The van der Waals surface area contributed by atoms with Gasteiger partial charge >= 0.3 is 0 Å². The standard InChI is InChI=1S/C23H21N3O3S/c1-4-29-21-8-6-5-7-16(21)19-14-30-23-25-22(18(11-12-24)26(19)23)17-13-15(27-2)9-10-20(17)28-3/h5-10,13-14H,4,11H2,1-3H3. The smallest absolute Gasteiger partial charge is 0.195 e. The van der Waals surface area contributed by atoms with Gasteiger partial charge in [-0.05, 0) is 37.3 Å². The summed E-state index contributed by atoms with van der Waals surface area (Å²) in [6, 6.07) is 15.8. The Bertz CT molecular complexity index is 1240. The predicted octanol–water partition coefficient (Wildman–Crippen LogP) is 5.21. The molecule has 0 N–H and O–H groups in total. The highest BCUT2D eigenvalue weighted by atomic mass is 32.1. The summed E-state index contributed by atoms with van der Waals surface area (Å²) in [7, 11) is 3.24. The molecule has 0 aliphatic heterocycles. The van der Waals surface area contributed by atoms with Gasteiger partial charge in [-0.2, -0.15) is 5.26 Å². The van der Waals surface area contributed by atoms with Crippen LogP contribution in [0, 0.1) is 11.3 Å². The summed E-state index contributed by atoms with van der Waals surface area (Å²) >= 11 is 1.53. The second-order valence-corrected chi connectivity index (χ2v) is 7.31. The average Bonchev–Trinajstić information content (AvgIpc) is 3.34. The lowest BCUT2D eigenvalue weighted by Crippen LogP contribution is -1.99. The van der Waals surface area contributed by atoms with Crippen LogP contribution in [-0.4, -0.2) is 30.2 Å². The van der Waals surface area contributed by atoms with E-state index in [9.17, 15) is 5.26 Å². The molecule has 152 valence electrons. The number of ether oxygens (including phenoxy) is 3. The molecular weight excluding hydrogens is 398 g/mol. The van der Waals surface area contributed by atoms with Crippen LogP contribution < -0.4 is 14.2 Å². The van der Waals surface area contributed by atoms with Gasteiger partial charge in [-0.15, -0.1) is 11.3 Å². The van der Waals surface area contributed by atoms with Gasteiger partial charge in [0.25, 0.3) is 0 Å². The van der Waals surface area contributed by atoms with Crippen molar-refractivity contribution in [2.24, 2.45) is 0 Å². The van der Waals surface area contributed by atoms with Crippen LogP contribution in [0.5, 0.6) is 17.2 Å². The van der Waals surface area contributed by atoms with Crippen LogP contribution in [0.4, 0.5) is 0 Å². The van der Waals surface area contributed by atoms with Crippen LogP contribution in [0.25, 0.3) is 27.5 Å². The van der Waals surface area contributed by atoms with Crippen molar-refractivity contribution in [1.82, 2.24) is 9.38 Å². The van der Waals surface area contributed by atoms with E-state index in [1.807, 2.05) is 59.2 Å². The van der Waals surface area contributed by atoms with E-state index in [0.717, 1.165) is 33.2 Å². The fraction of sp³-hybridized carbons (Fsp3) is 0.217. The van der Waals surface area contributed by atoms with Gasteiger partial charge in [0, 0.05) is 16.5 Å². The van der Waals surface area contributed by atoms with E-state index < -0.39 is 0 Å². The second-order valence-electron chi connectivity index (χ2n) is 6.48. The first-order valence-corrected chi connectivity index (χ1v) is 10.4. The maximum atomic E-state index is 9.57. The summed E-state index contributed by atoms with van der Waals surface area (Å²) in [5, 5.41) is 11.6. The molecule has 0 aliphatic carbocycles. The molecule has 0 atom stereocenters. The minimum absolute atomic E-state index is 0.206. The molecule has 2 heterocycles. The Labute approximate surface area is 178 Å². The van der Waals surface area contributed by atoms with Crippen LogP contribution >= 0.6 is 11.3 Å². The Morgan fingerprint density at radius 1 is 1.07 bits per heavy atom. The number of imidazole rings is 1. The van der Waals surface area contributed by atoms with Crippen molar-refractivity contribution in [1.29, 1.82) is 5.26 Å². The van der Waals surface area contributed by atoms with Crippen molar-refractivity contribution in [2.75, 3.05) is 20.8 Å². The SMILES string of the molecule is CCOc1ccccc1-c1csc2nc(-c3cc(OC)ccc3OC)c(CC#N)n12. The molecule has 30 heavy (non-hydrogen) atoms. The van der Waals surface area contributed by atoms with Crippen LogP contribution in [0.1, 0.15) is 12.6 Å². The molecule has 0 radical (unpaired) electrons. The van der Waals surface area contributed by atoms with Gasteiger partial charge in [-0.1, -0.05) is 12.1 Å². The van der Waals surface area contributed by atoms with E-state index in [4.69, 9.17) is 19.2 Å². The van der Waals surface area contributed by atoms with Crippen molar-refractivity contribution >= 4 is 16.3 Å². The van der Waals surface area contributed by atoms with Gasteiger partial charge in [0.2, 0.25) is 0 Å². The number of hydrogen-bond acceptors (Lipinski definition) is 6. The maximum Gasteiger partial charge on any atom is 0.195 e. The van der Waals surface area contributed by atoms with Gasteiger partial charge in [0.15, 0.2) is 4.96 Å². The number of fused-ring (bicyclic) bond motifs is 1. The van der Waals surface area contributed by atoms with Gasteiger partial charge in [-0.3, -0.25) is 4.40 Å². The highest BCUT2D eigenvalue weighted by Crippen LogP contribution is 2.40. The lowest BCUT2D eigenvalue weighted by atomic mass is 10.1. The zero-order valence-corrected chi connectivity index (χ0v) is 17.8. The van der Waals surface area contributed by atoms with Crippen LogP contribution in [0.2, 0.25) is 0 Å². The minimum Gasteiger partial charge on any atom is -0.497 e. The molecule has 4 rings (SSSR count). The van der Waals surface area contributed by atoms with E-state index in [1.165, 1.54) is 11.3 Å². The summed E-state index contributed by atoms with van der Waals surface area (Å²) in [6.07, 6.45) is 0.206. The third-order valence-electron chi connectivity index (χ3n) is 4.83. The number of methoxy groups -OCH3 is 2. The molecule has 0 aliphatic rings. The molecule has 0 bridgehead atoms. The molecule has 0 spiro atoms. The minimum atomic E-state index is 0.206. The quantitative estimate of drug-likeness (QED) is 0.411. The van der Waals surface area contributed by atoms with Crippen molar-refractivity contribution in [3.8, 4) is 45.8 Å². The Kier molecular flexibility index (Phi) is 5.59. The van der Waals surface area contributed by atoms with Crippen LogP contribution in [0.3, 0.4) is 0 Å². The van der Waals surface area contributed by atoms with Crippen molar-refractivity contribution in [2.45, 2.75) is 13.3 Å². The number of hydrogen-bond donors (Lipinski definition) is 0. The number of thiazole rings is 1. The van der Waals surface area contributed by atoms with Gasteiger partial charge in [0.1, 0.15) is 17.2 Å². The number of nitrogens with zero attached hydrogens (tertiary/aromatic N) is 3. The number of benzene rings is 2. The second kappa shape index (κ2) is 8.47. The first kappa shape index (κ1) is 19.8. The van der Waals surface area contributed by atoms with Crippen LogP contribution in [-0.2, 0) is 6.42 Å². The summed E-state index contributed by atoms with van der Waals surface area (Å²) in [4.78, 5) is 5.67. The van der Waals surface area contributed by atoms with Crippen LogP contribution in [0.15, 0.2) is 47.8 Å². The number of rotatable bonds is 7. The van der Waals surface area contributed by atoms with Gasteiger partial charge in [0.05, 0.1) is 50.4 Å². The Morgan fingerprint density at radius 2 is 1.90 bits per heavy atom. The molecule has 0 saturated carbocycles. The zero-order valence-electron chi connectivity index (χ0n) is 17.0. The molecule has 0 amide bonds. The molecule has 4 aromatic rings. The molecule has 0 fully saturated rings. The Morgan fingerprint density at radius 3 is 2.63 bits per heavy atom. The fourth-order valence-electron chi connectivity index (χ4n) is 3.52. The third-order valence-corrected chi connectivity index (χ3v) is 5.66. The van der Waals surface area contributed by atoms with Crippen molar-refractivity contribution in [3.05, 3.63) is 53.5 Å². The van der Waals surface area contributed by atoms with Crippen molar-refractivity contribution < 1.29 is 14.2 Å². The van der Waals surface area contributed by atoms with E-state index in [0.29, 0.717) is 23.8 Å². The lowest BCUT2D eigenvalue weighted by molar-refractivity contribution is 0.341. The fourth-order valence-corrected chi connectivity index (χ4v) is 4.42. The topological polar surface area (TPSA) is 68.8 Å². The molecule has 7 heteroatoms. The van der Waals surface area contributed by atoms with Crippen molar-refractivity contribution in [3.63, 3.8) is 0 Å². The third kappa shape index (κ3) is 3.36. The first-order chi connectivity index (χ1) is 14.7. The Balaban J connectivity index is 1.98. The average molecular weight is 420 g/mol. The normalized spacial score (nSPS) is 10.7. The number of aromatic nitrogens is 2. The largest absolute Gasteiger partial charge is 0.497 e. The molecular formula is C23H21N3O3S. The number of nitriles is 1. The summed E-state index contributed by atoms with van der Waals surface area (Å²) in [5.74, 6) is 2.18.